The molecule has 0 N–H and O–H groups in total. The first-order valence-electron chi connectivity index (χ1n) is 8.50. The summed E-state index contributed by atoms with van der Waals surface area (Å²) in [5.41, 5.74) is 4.18. The van der Waals surface area contributed by atoms with Crippen LogP contribution in [0.4, 0.5) is 0 Å². The van der Waals surface area contributed by atoms with E-state index in [0.29, 0.717) is 0 Å². The zero-order chi connectivity index (χ0) is 18.9. The summed E-state index contributed by atoms with van der Waals surface area (Å²) in [5.74, 6) is 1.68. The third-order valence-electron chi connectivity index (χ3n) is 3.88. The first-order valence-corrected chi connectivity index (χ1v) is 11.3. The van der Waals surface area contributed by atoms with Gasteiger partial charge in [0.05, 0.1) is 9.81 Å². The van der Waals surface area contributed by atoms with Gasteiger partial charge in [0.1, 0.15) is 6.07 Å². The number of hydrogen-bond acceptors (Lipinski definition) is 3. The fourth-order valence-electron chi connectivity index (χ4n) is 2.51. The van der Waals surface area contributed by atoms with E-state index in [0.717, 1.165) is 31.4 Å². The van der Waals surface area contributed by atoms with Gasteiger partial charge in [-0.1, -0.05) is 94.8 Å². The van der Waals surface area contributed by atoms with Gasteiger partial charge in [0.2, 0.25) is 0 Å². The molecule has 0 spiro atoms. The number of rotatable bonds is 7. The predicted molar refractivity (Wildman–Crippen MR) is 122 cm³/mol. The quantitative estimate of drug-likeness (QED) is 0.347. The van der Waals surface area contributed by atoms with Crippen LogP contribution >= 0.6 is 39.5 Å². The Morgan fingerprint density at radius 1 is 0.741 bits per heavy atom. The maximum absolute atomic E-state index is 9.91. The molecule has 0 amide bonds. The molecule has 0 bridgehead atoms. The van der Waals surface area contributed by atoms with E-state index in [-0.39, 0.29) is 0 Å². The van der Waals surface area contributed by atoms with E-state index < -0.39 is 0 Å². The van der Waals surface area contributed by atoms with E-state index in [1.807, 2.05) is 36.4 Å². The minimum absolute atomic E-state index is 0.726. The summed E-state index contributed by atoms with van der Waals surface area (Å²) < 4.78 is 2.00. The van der Waals surface area contributed by atoms with Gasteiger partial charge in [0.15, 0.2) is 0 Å². The highest BCUT2D eigenvalue weighted by atomic mass is 79.9. The van der Waals surface area contributed by atoms with Gasteiger partial charge in [-0.15, -0.1) is 23.5 Å². The van der Waals surface area contributed by atoms with Crippen molar-refractivity contribution < 1.29 is 0 Å². The van der Waals surface area contributed by atoms with E-state index >= 15 is 0 Å². The highest BCUT2D eigenvalue weighted by Gasteiger charge is 2.14. The maximum Gasteiger partial charge on any atom is 0.102 e. The van der Waals surface area contributed by atoms with Crippen molar-refractivity contribution >= 4 is 45.0 Å². The lowest BCUT2D eigenvalue weighted by Crippen LogP contribution is -1.90. The summed E-state index contributed by atoms with van der Waals surface area (Å²) in [5, 5.41) is 9.91. The standard InChI is InChI=1S/C23H18BrNS2/c24-22-14-8-7-13-20(22)21(15-25)23(26-16-18-9-3-1-4-10-18)27-17-19-11-5-2-6-12-19/h1-14H,16-17H2. The molecular formula is C23H18BrNS2. The van der Waals surface area contributed by atoms with Crippen molar-refractivity contribution in [1.82, 2.24) is 0 Å². The van der Waals surface area contributed by atoms with Crippen LogP contribution < -0.4 is 0 Å². The Morgan fingerprint density at radius 2 is 1.22 bits per heavy atom. The van der Waals surface area contributed by atoms with Gasteiger partial charge in [0, 0.05) is 21.5 Å². The van der Waals surface area contributed by atoms with Crippen LogP contribution in [-0.2, 0) is 11.5 Å². The molecule has 0 saturated carbocycles. The Balaban J connectivity index is 1.89. The SMILES string of the molecule is N#CC(=C(SCc1ccccc1)SCc1ccccc1)c1ccccc1Br. The topological polar surface area (TPSA) is 23.8 Å². The molecule has 0 radical (unpaired) electrons. The van der Waals surface area contributed by atoms with Crippen molar-refractivity contribution in [2.75, 3.05) is 0 Å². The van der Waals surface area contributed by atoms with Crippen LogP contribution in [0.15, 0.2) is 93.6 Å². The molecule has 0 unspecified atom stereocenters. The Kier molecular flexibility index (Phi) is 7.65. The Bertz CT molecular complexity index is 901. The van der Waals surface area contributed by atoms with Crippen LogP contribution in [0, 0.1) is 11.3 Å². The molecule has 1 nitrogen and oxygen atoms in total. The third kappa shape index (κ3) is 5.77. The number of benzene rings is 3. The summed E-state index contributed by atoms with van der Waals surface area (Å²) in [4.78, 5) is 0. The lowest BCUT2D eigenvalue weighted by molar-refractivity contribution is 1.41. The van der Waals surface area contributed by atoms with Crippen LogP contribution in [-0.4, -0.2) is 0 Å². The Labute approximate surface area is 177 Å². The summed E-state index contributed by atoms with van der Waals surface area (Å²) >= 11 is 7.05. The third-order valence-corrected chi connectivity index (χ3v) is 7.17. The summed E-state index contributed by atoms with van der Waals surface area (Å²) in [6, 6.07) is 31.1. The van der Waals surface area contributed by atoms with E-state index in [1.165, 1.54) is 11.1 Å². The molecule has 3 aromatic carbocycles. The van der Waals surface area contributed by atoms with Gasteiger partial charge in [0.25, 0.3) is 0 Å². The average molecular weight is 452 g/mol. The molecule has 134 valence electrons. The molecule has 0 aromatic heterocycles. The van der Waals surface area contributed by atoms with Gasteiger partial charge in [-0.05, 0) is 17.2 Å². The normalized spacial score (nSPS) is 10.2. The number of nitriles is 1. The van der Waals surface area contributed by atoms with Gasteiger partial charge < -0.3 is 0 Å². The van der Waals surface area contributed by atoms with Crippen molar-refractivity contribution in [3.63, 3.8) is 0 Å². The second kappa shape index (κ2) is 10.4. The van der Waals surface area contributed by atoms with Crippen LogP contribution in [0.2, 0.25) is 0 Å². The molecule has 0 fully saturated rings. The summed E-state index contributed by atoms with van der Waals surface area (Å²) in [6.07, 6.45) is 0. The zero-order valence-corrected chi connectivity index (χ0v) is 17.9. The van der Waals surface area contributed by atoms with Crippen molar-refractivity contribution in [1.29, 1.82) is 5.26 Å². The van der Waals surface area contributed by atoms with Gasteiger partial charge in [-0.3, -0.25) is 0 Å². The largest absolute Gasteiger partial charge is 0.192 e. The number of thioether (sulfide) groups is 2. The fourth-order valence-corrected chi connectivity index (χ4v) is 5.26. The van der Waals surface area contributed by atoms with Crippen molar-refractivity contribution in [2.24, 2.45) is 0 Å². The predicted octanol–water partition coefficient (Wildman–Crippen LogP) is 7.51. The highest BCUT2D eigenvalue weighted by Crippen LogP contribution is 2.40. The van der Waals surface area contributed by atoms with E-state index in [1.54, 1.807) is 23.5 Å². The highest BCUT2D eigenvalue weighted by molar-refractivity contribution is 9.10. The molecular weight excluding hydrogens is 434 g/mol. The molecule has 4 heteroatoms. The second-order valence-electron chi connectivity index (χ2n) is 5.80. The van der Waals surface area contributed by atoms with Crippen LogP contribution in [0.1, 0.15) is 16.7 Å². The van der Waals surface area contributed by atoms with Gasteiger partial charge in [-0.2, -0.15) is 5.26 Å². The second-order valence-corrected chi connectivity index (χ2v) is 8.89. The lowest BCUT2D eigenvalue weighted by atomic mass is 10.1. The average Bonchev–Trinajstić information content (AvgIpc) is 2.72. The van der Waals surface area contributed by atoms with E-state index in [4.69, 9.17) is 0 Å². The molecule has 0 heterocycles. The molecule has 27 heavy (non-hydrogen) atoms. The molecule has 0 saturated heterocycles. The minimum Gasteiger partial charge on any atom is -0.192 e. The zero-order valence-electron chi connectivity index (χ0n) is 14.6. The molecule has 0 aliphatic rings. The summed E-state index contributed by atoms with van der Waals surface area (Å²) in [6.45, 7) is 0. The molecule has 0 aliphatic carbocycles. The Morgan fingerprint density at radius 3 is 1.70 bits per heavy atom. The van der Waals surface area contributed by atoms with Crippen molar-refractivity contribution in [3.05, 3.63) is 110 Å². The molecule has 3 rings (SSSR count). The molecule has 3 aromatic rings. The number of halogens is 1. The maximum atomic E-state index is 9.91. The smallest absolute Gasteiger partial charge is 0.102 e. The van der Waals surface area contributed by atoms with E-state index in [9.17, 15) is 5.26 Å². The van der Waals surface area contributed by atoms with Crippen molar-refractivity contribution in [3.8, 4) is 6.07 Å². The number of nitrogens with zero attached hydrogens (tertiary/aromatic N) is 1. The first-order chi connectivity index (χ1) is 13.3. The van der Waals surface area contributed by atoms with Gasteiger partial charge >= 0.3 is 0 Å². The Hall–Kier alpha value is -1.93. The number of allylic oxidation sites excluding steroid dienone is 1. The van der Waals surface area contributed by atoms with Crippen molar-refractivity contribution in [2.45, 2.75) is 11.5 Å². The van der Waals surface area contributed by atoms with Crippen LogP contribution in [0.5, 0.6) is 0 Å². The first kappa shape index (κ1) is 19.8. The van der Waals surface area contributed by atoms with Gasteiger partial charge in [-0.25, -0.2) is 0 Å². The van der Waals surface area contributed by atoms with Crippen LogP contribution in [0.3, 0.4) is 0 Å². The lowest BCUT2D eigenvalue weighted by Gasteiger charge is -2.12. The fraction of sp³-hybridized carbons (Fsp3) is 0.0870. The number of hydrogen-bond donors (Lipinski definition) is 0. The molecule has 0 atom stereocenters. The summed E-state index contributed by atoms with van der Waals surface area (Å²) in [7, 11) is 0. The van der Waals surface area contributed by atoms with Crippen LogP contribution in [0.25, 0.3) is 5.57 Å². The minimum atomic E-state index is 0.726. The monoisotopic (exact) mass is 451 g/mol. The molecule has 0 aliphatic heterocycles. The van der Waals surface area contributed by atoms with E-state index in [2.05, 4.69) is 70.5 Å².